The molecule has 0 amide bonds. The van der Waals surface area contributed by atoms with Gasteiger partial charge in [0.1, 0.15) is 22.4 Å². The van der Waals surface area contributed by atoms with Crippen molar-refractivity contribution in [2.24, 2.45) is 11.8 Å². The van der Waals surface area contributed by atoms with Crippen LogP contribution in [-0.4, -0.2) is 31.6 Å². The van der Waals surface area contributed by atoms with Gasteiger partial charge in [-0.25, -0.2) is 18.6 Å². The van der Waals surface area contributed by atoms with Crippen LogP contribution >= 0.6 is 11.3 Å². The molecule has 44 heavy (non-hydrogen) atoms. The maximum Gasteiger partial charge on any atom is 0.338 e. The van der Waals surface area contributed by atoms with E-state index in [1.54, 1.807) is 17.7 Å². The van der Waals surface area contributed by atoms with Gasteiger partial charge in [-0.1, -0.05) is 42.0 Å². The molecule has 0 saturated heterocycles. The van der Waals surface area contributed by atoms with Crippen LogP contribution in [0.5, 0.6) is 5.75 Å². The lowest BCUT2D eigenvalue weighted by Crippen LogP contribution is -2.43. The van der Waals surface area contributed by atoms with Gasteiger partial charge in [-0.3, -0.25) is 4.72 Å². The van der Waals surface area contributed by atoms with Crippen LogP contribution in [-0.2, 0) is 15.4 Å². The number of rotatable bonds is 8. The quantitative estimate of drug-likeness (QED) is 0.193. The first kappa shape index (κ1) is 28.7. The molecule has 4 bridgehead atoms. The number of ether oxygens (including phenoxy) is 1. The molecule has 2 saturated carbocycles. The number of aromatic carboxylic acids is 1. The summed E-state index contributed by atoms with van der Waals surface area (Å²) in [5, 5.41) is 10.1. The fraction of sp³-hybridized carbons (Fsp3) is 0.273. The number of nitrogens with one attached hydrogen (secondary N) is 1. The summed E-state index contributed by atoms with van der Waals surface area (Å²) in [6.07, 6.45) is 8.66. The van der Waals surface area contributed by atoms with Crippen LogP contribution < -0.4 is 9.46 Å². The SMILES string of the molecule is COc1cc(C(=O)O)c(F)cc1NS(=O)(=O)c1csc(-c2ccc(-c3ccc(C45CC6=CC(C[C@H](C6)C4)C5)cc3)cc2F)n1. The van der Waals surface area contributed by atoms with Gasteiger partial charge in [0.2, 0.25) is 0 Å². The second-order valence-electron chi connectivity index (χ2n) is 12.0. The van der Waals surface area contributed by atoms with E-state index >= 15 is 4.39 Å². The first-order valence-electron chi connectivity index (χ1n) is 14.2. The average molecular weight is 635 g/mol. The maximum atomic E-state index is 15.4. The highest BCUT2D eigenvalue weighted by atomic mass is 32.2. The summed E-state index contributed by atoms with van der Waals surface area (Å²) in [5.41, 5.74) is 3.98. The van der Waals surface area contributed by atoms with Gasteiger partial charge in [0.25, 0.3) is 10.0 Å². The number of aromatic nitrogens is 1. The summed E-state index contributed by atoms with van der Waals surface area (Å²) in [7, 11) is -3.14. The third-order valence-electron chi connectivity index (χ3n) is 9.11. The Bertz CT molecular complexity index is 1960. The van der Waals surface area contributed by atoms with Crippen LogP contribution in [0, 0.1) is 23.5 Å². The van der Waals surface area contributed by atoms with Crippen molar-refractivity contribution < 1.29 is 31.8 Å². The van der Waals surface area contributed by atoms with Gasteiger partial charge in [-0.15, -0.1) is 11.3 Å². The number of nitrogens with zero attached hydrogens (tertiary/aromatic N) is 1. The second kappa shape index (κ2) is 10.5. The molecule has 0 radical (unpaired) electrons. The maximum absolute atomic E-state index is 15.4. The molecule has 1 heterocycles. The summed E-state index contributed by atoms with van der Waals surface area (Å²) in [6.45, 7) is 0. The number of allylic oxidation sites excluding steroid dienone is 2. The standard InChI is InChI=1S/C33H28F2N2O5S2/c1-42-29-12-25(32(38)39)27(35)13-28(29)37-44(40,41)30-17-43-31(36-30)24-7-4-22(11-26(24)34)21-2-5-23(6-3-21)33-14-18-8-19(15-33)10-20(9-18)16-33/h2-8,11-13,17-18,20,37H,9-10,14-16H2,1H3,(H,38,39)/t18?,20-,33?/m1/s1. The molecule has 1 aromatic heterocycles. The Labute approximate surface area is 257 Å². The molecule has 3 aromatic carbocycles. The molecule has 226 valence electrons. The van der Waals surface area contributed by atoms with E-state index in [9.17, 15) is 17.6 Å². The van der Waals surface area contributed by atoms with Gasteiger partial charge in [0.05, 0.1) is 18.4 Å². The molecule has 0 aliphatic heterocycles. The number of benzene rings is 3. The second-order valence-corrected chi connectivity index (χ2v) is 14.4. The topological polar surface area (TPSA) is 106 Å². The fourth-order valence-electron chi connectivity index (χ4n) is 7.39. The number of thiazole rings is 1. The van der Waals surface area contributed by atoms with E-state index in [2.05, 4.69) is 40.0 Å². The van der Waals surface area contributed by atoms with Crippen LogP contribution in [0.4, 0.5) is 14.5 Å². The minimum Gasteiger partial charge on any atom is -0.495 e. The zero-order chi connectivity index (χ0) is 30.8. The predicted molar refractivity (Wildman–Crippen MR) is 163 cm³/mol. The van der Waals surface area contributed by atoms with Crippen molar-refractivity contribution in [3.8, 4) is 27.4 Å². The predicted octanol–water partition coefficient (Wildman–Crippen LogP) is 7.65. The van der Waals surface area contributed by atoms with E-state index in [4.69, 9.17) is 9.84 Å². The summed E-state index contributed by atoms with van der Waals surface area (Å²) >= 11 is 0.947. The van der Waals surface area contributed by atoms with E-state index in [1.807, 2.05) is 0 Å². The first-order valence-corrected chi connectivity index (χ1v) is 16.6. The molecule has 8 rings (SSSR count). The average Bonchev–Trinajstić information content (AvgIpc) is 3.48. The molecule has 4 aliphatic carbocycles. The summed E-state index contributed by atoms with van der Waals surface area (Å²) in [5.74, 6) is -1.91. The smallest absolute Gasteiger partial charge is 0.338 e. The van der Waals surface area contributed by atoms with Gasteiger partial charge < -0.3 is 9.84 Å². The van der Waals surface area contributed by atoms with Crippen molar-refractivity contribution in [1.29, 1.82) is 0 Å². The van der Waals surface area contributed by atoms with Crippen molar-refractivity contribution in [3.05, 3.63) is 94.4 Å². The van der Waals surface area contributed by atoms with Crippen LogP contribution in [0.25, 0.3) is 21.7 Å². The molecule has 2 unspecified atom stereocenters. The minimum absolute atomic E-state index is 0.146. The van der Waals surface area contributed by atoms with Gasteiger partial charge in [0, 0.05) is 17.0 Å². The van der Waals surface area contributed by atoms with Crippen molar-refractivity contribution in [3.63, 3.8) is 0 Å². The Morgan fingerprint density at radius 2 is 1.84 bits per heavy atom. The minimum atomic E-state index is -4.34. The molecule has 7 nitrogen and oxygen atoms in total. The van der Waals surface area contributed by atoms with Gasteiger partial charge in [-0.05, 0) is 84.2 Å². The number of carboxylic acids is 1. The number of carbonyl (C=O) groups is 1. The molecule has 4 aromatic rings. The van der Waals surface area contributed by atoms with Crippen LogP contribution in [0.1, 0.15) is 48.0 Å². The molecular formula is C33H28F2N2O5S2. The van der Waals surface area contributed by atoms with E-state index in [1.165, 1.54) is 49.8 Å². The van der Waals surface area contributed by atoms with Crippen molar-refractivity contribution in [2.45, 2.75) is 42.5 Å². The Morgan fingerprint density at radius 3 is 2.52 bits per heavy atom. The Kier molecular flexibility index (Phi) is 6.85. The number of sulfonamides is 1. The molecule has 2 N–H and O–H groups in total. The van der Waals surface area contributed by atoms with E-state index in [0.717, 1.165) is 41.4 Å². The third kappa shape index (κ3) is 4.97. The van der Waals surface area contributed by atoms with Crippen LogP contribution in [0.3, 0.4) is 0 Å². The highest BCUT2D eigenvalue weighted by molar-refractivity contribution is 7.92. The highest BCUT2D eigenvalue weighted by Gasteiger charge is 2.48. The number of methoxy groups -OCH3 is 1. The number of anilines is 1. The van der Waals surface area contributed by atoms with Crippen molar-refractivity contribution in [1.82, 2.24) is 4.98 Å². The van der Waals surface area contributed by atoms with Gasteiger partial charge in [0.15, 0.2) is 5.03 Å². The number of carboxylic acid groups (broad SMARTS) is 1. The Balaban J connectivity index is 1.10. The highest BCUT2D eigenvalue weighted by Crippen LogP contribution is 2.58. The first-order chi connectivity index (χ1) is 21.0. The van der Waals surface area contributed by atoms with E-state index < -0.39 is 38.2 Å². The lowest BCUT2D eigenvalue weighted by Gasteiger charge is -2.53. The summed E-state index contributed by atoms with van der Waals surface area (Å²) in [6, 6.07) is 14.9. The van der Waals surface area contributed by atoms with Crippen LogP contribution in [0.2, 0.25) is 0 Å². The largest absolute Gasteiger partial charge is 0.495 e. The summed E-state index contributed by atoms with van der Waals surface area (Å²) in [4.78, 5) is 15.4. The normalized spacial score (nSPS) is 22.1. The summed E-state index contributed by atoms with van der Waals surface area (Å²) < 4.78 is 63.0. The number of halogens is 2. The Morgan fingerprint density at radius 1 is 1.07 bits per heavy atom. The van der Waals surface area contributed by atoms with E-state index in [-0.39, 0.29) is 27.4 Å². The zero-order valence-electron chi connectivity index (χ0n) is 23.6. The van der Waals surface area contributed by atoms with Crippen LogP contribution in [0.15, 0.2) is 76.7 Å². The molecule has 4 aliphatic rings. The monoisotopic (exact) mass is 634 g/mol. The fourth-order valence-corrected chi connectivity index (χ4v) is 9.57. The third-order valence-corrected chi connectivity index (χ3v) is 11.4. The van der Waals surface area contributed by atoms with Crippen molar-refractivity contribution in [2.75, 3.05) is 11.8 Å². The molecule has 2 fully saturated rings. The van der Waals surface area contributed by atoms with E-state index in [0.29, 0.717) is 11.5 Å². The zero-order valence-corrected chi connectivity index (χ0v) is 25.3. The number of hydrogen-bond donors (Lipinski definition) is 2. The molecule has 3 atom stereocenters. The van der Waals surface area contributed by atoms with Crippen molar-refractivity contribution >= 4 is 33.0 Å². The lowest BCUT2D eigenvalue weighted by molar-refractivity contribution is 0.0691. The lowest BCUT2D eigenvalue weighted by atomic mass is 9.52. The number of hydrogen-bond acceptors (Lipinski definition) is 6. The molecular weight excluding hydrogens is 607 g/mol. The van der Waals surface area contributed by atoms with Gasteiger partial charge in [-0.2, -0.15) is 8.42 Å². The molecule has 0 spiro atoms. The van der Waals surface area contributed by atoms with Gasteiger partial charge >= 0.3 is 5.97 Å². The Hall–Kier alpha value is -4.09. The molecule has 11 heteroatoms.